The van der Waals surface area contributed by atoms with Gasteiger partial charge in [-0.25, -0.2) is 9.97 Å². The van der Waals surface area contributed by atoms with Crippen LogP contribution in [0.5, 0.6) is 0 Å². The largest absolute Gasteiger partial charge is 0.348 e. The number of fused-ring (bicyclic) bond motifs is 1. The maximum absolute atomic E-state index is 12.4. The highest BCUT2D eigenvalue weighted by Crippen LogP contribution is 2.28. The molecule has 1 fully saturated rings. The molecule has 1 saturated carbocycles. The molecule has 0 radical (unpaired) electrons. The lowest BCUT2D eigenvalue weighted by Gasteiger charge is -2.27. The second-order valence-electron chi connectivity index (χ2n) is 9.64. The summed E-state index contributed by atoms with van der Waals surface area (Å²) in [7, 11) is 0. The third-order valence-electron chi connectivity index (χ3n) is 5.54. The van der Waals surface area contributed by atoms with Crippen LogP contribution in [0.4, 0.5) is 5.95 Å². The van der Waals surface area contributed by atoms with Crippen LogP contribution in [0.25, 0.3) is 22.0 Å². The molecule has 4 rings (SSSR count). The van der Waals surface area contributed by atoms with Gasteiger partial charge in [0.2, 0.25) is 5.95 Å². The average molecular weight is 433 g/mol. The summed E-state index contributed by atoms with van der Waals surface area (Å²) in [5.74, 6) is 0.503. The van der Waals surface area contributed by atoms with Crippen molar-refractivity contribution in [2.75, 3.05) is 11.9 Å². The number of hydrogen-bond donors (Lipinski definition) is 3. The number of aromatic nitrogens is 3. The van der Waals surface area contributed by atoms with E-state index in [2.05, 4.69) is 59.7 Å². The predicted molar refractivity (Wildman–Crippen MR) is 129 cm³/mol. The Hall–Kier alpha value is -3.06. The fraction of sp³-hybridized carbons (Fsp3) is 0.440. The molecule has 0 aliphatic heterocycles. The van der Waals surface area contributed by atoms with Gasteiger partial charge in [0.1, 0.15) is 5.69 Å². The number of rotatable bonds is 8. The van der Waals surface area contributed by atoms with Gasteiger partial charge in [0.05, 0.1) is 5.52 Å². The van der Waals surface area contributed by atoms with Crippen LogP contribution in [-0.4, -0.2) is 45.0 Å². The summed E-state index contributed by atoms with van der Waals surface area (Å²) in [6, 6.07) is 8.70. The molecule has 168 valence electrons. The fourth-order valence-electron chi connectivity index (χ4n) is 3.51. The number of aryl methyl sites for hydroxylation is 1. The summed E-state index contributed by atoms with van der Waals surface area (Å²) >= 11 is 0. The van der Waals surface area contributed by atoms with Crippen LogP contribution >= 0.6 is 0 Å². The van der Waals surface area contributed by atoms with Crippen molar-refractivity contribution in [3.05, 3.63) is 47.9 Å². The van der Waals surface area contributed by atoms with Crippen molar-refractivity contribution in [1.82, 2.24) is 25.6 Å². The second kappa shape index (κ2) is 8.82. The number of pyridine rings is 1. The molecular formula is C25H32N6O. The van der Waals surface area contributed by atoms with E-state index in [1.54, 1.807) is 6.20 Å². The van der Waals surface area contributed by atoms with E-state index >= 15 is 0 Å². The molecule has 1 aliphatic rings. The summed E-state index contributed by atoms with van der Waals surface area (Å²) in [6.45, 7) is 11.3. The van der Waals surface area contributed by atoms with Crippen LogP contribution in [-0.2, 0) is 0 Å². The SMILES string of the molecule is Cc1cnc(C(=O)NC2CC2)cc1-c1ccc2nc(NC(C)(C)CNC(C)C)ncc2c1. The van der Waals surface area contributed by atoms with E-state index in [4.69, 9.17) is 4.98 Å². The zero-order valence-electron chi connectivity index (χ0n) is 19.5. The van der Waals surface area contributed by atoms with Crippen molar-refractivity contribution in [3.8, 4) is 11.1 Å². The number of benzene rings is 1. The van der Waals surface area contributed by atoms with E-state index in [9.17, 15) is 4.79 Å². The molecule has 32 heavy (non-hydrogen) atoms. The predicted octanol–water partition coefficient (Wildman–Crippen LogP) is 4.08. The van der Waals surface area contributed by atoms with Gasteiger partial charge >= 0.3 is 0 Å². The van der Waals surface area contributed by atoms with E-state index in [0.717, 1.165) is 47.0 Å². The van der Waals surface area contributed by atoms with Gasteiger partial charge in [0, 0.05) is 41.9 Å². The van der Waals surface area contributed by atoms with Gasteiger partial charge in [0.25, 0.3) is 5.91 Å². The number of carbonyl (C=O) groups excluding carboxylic acids is 1. The Balaban J connectivity index is 1.56. The zero-order valence-corrected chi connectivity index (χ0v) is 19.5. The topological polar surface area (TPSA) is 91.8 Å². The highest BCUT2D eigenvalue weighted by atomic mass is 16.2. The number of carbonyl (C=O) groups is 1. The molecule has 2 aromatic heterocycles. The monoisotopic (exact) mass is 432 g/mol. The highest BCUT2D eigenvalue weighted by Gasteiger charge is 2.24. The van der Waals surface area contributed by atoms with Crippen LogP contribution in [0, 0.1) is 6.92 Å². The zero-order chi connectivity index (χ0) is 22.9. The van der Waals surface area contributed by atoms with Crippen molar-refractivity contribution in [2.24, 2.45) is 0 Å². The minimum absolute atomic E-state index is 0.108. The first-order chi connectivity index (χ1) is 15.2. The first-order valence-corrected chi connectivity index (χ1v) is 11.3. The summed E-state index contributed by atoms with van der Waals surface area (Å²) in [5.41, 5.74) is 4.17. The van der Waals surface area contributed by atoms with E-state index in [1.807, 2.05) is 31.3 Å². The molecule has 0 atom stereocenters. The van der Waals surface area contributed by atoms with E-state index in [-0.39, 0.29) is 11.4 Å². The third kappa shape index (κ3) is 5.40. The second-order valence-corrected chi connectivity index (χ2v) is 9.64. The first-order valence-electron chi connectivity index (χ1n) is 11.3. The van der Waals surface area contributed by atoms with Gasteiger partial charge in [-0.3, -0.25) is 9.78 Å². The Morgan fingerprint density at radius 3 is 2.66 bits per heavy atom. The minimum Gasteiger partial charge on any atom is -0.348 e. The van der Waals surface area contributed by atoms with Crippen molar-refractivity contribution in [1.29, 1.82) is 0 Å². The lowest BCUT2D eigenvalue weighted by molar-refractivity contribution is 0.0946. The molecule has 1 aromatic carbocycles. The Labute approximate surface area is 189 Å². The van der Waals surface area contributed by atoms with E-state index in [1.165, 1.54) is 0 Å². The first kappa shape index (κ1) is 22.1. The van der Waals surface area contributed by atoms with Gasteiger partial charge in [-0.05, 0) is 68.5 Å². The number of nitrogens with zero attached hydrogens (tertiary/aromatic N) is 3. The van der Waals surface area contributed by atoms with Crippen LogP contribution in [0.1, 0.15) is 56.6 Å². The minimum atomic E-state index is -0.177. The Morgan fingerprint density at radius 2 is 1.94 bits per heavy atom. The van der Waals surface area contributed by atoms with Crippen molar-refractivity contribution in [3.63, 3.8) is 0 Å². The summed E-state index contributed by atoms with van der Waals surface area (Å²) in [5, 5.41) is 10.8. The number of amides is 1. The van der Waals surface area contributed by atoms with Gasteiger partial charge in [-0.2, -0.15) is 0 Å². The molecule has 3 aromatic rings. The number of anilines is 1. The van der Waals surface area contributed by atoms with Gasteiger partial charge in [-0.1, -0.05) is 19.9 Å². The molecule has 3 N–H and O–H groups in total. The summed E-state index contributed by atoms with van der Waals surface area (Å²) in [6.07, 6.45) is 5.71. The van der Waals surface area contributed by atoms with Crippen molar-refractivity contribution in [2.45, 2.75) is 65.1 Å². The lowest BCUT2D eigenvalue weighted by atomic mass is 10.00. The Morgan fingerprint density at radius 1 is 1.16 bits per heavy atom. The molecule has 2 heterocycles. The summed E-state index contributed by atoms with van der Waals surface area (Å²) < 4.78 is 0. The lowest BCUT2D eigenvalue weighted by Crippen LogP contribution is -2.44. The fourth-order valence-corrected chi connectivity index (χ4v) is 3.51. The molecule has 0 spiro atoms. The molecule has 0 bridgehead atoms. The maximum Gasteiger partial charge on any atom is 0.270 e. The van der Waals surface area contributed by atoms with E-state index < -0.39 is 0 Å². The standard InChI is InChI=1S/C25H32N6O/c1-15(2)28-14-25(4,5)31-24-27-13-18-10-17(6-9-21(18)30-24)20-11-22(26-12-16(20)3)23(32)29-19-7-8-19/h6,9-13,15,19,28H,7-8,14H2,1-5H3,(H,29,32)(H,27,30,31). The van der Waals surface area contributed by atoms with Gasteiger partial charge < -0.3 is 16.0 Å². The van der Waals surface area contributed by atoms with Crippen molar-refractivity contribution >= 4 is 22.8 Å². The molecule has 1 amide bonds. The van der Waals surface area contributed by atoms with Crippen LogP contribution in [0.2, 0.25) is 0 Å². The smallest absolute Gasteiger partial charge is 0.270 e. The van der Waals surface area contributed by atoms with E-state index in [0.29, 0.717) is 23.7 Å². The number of hydrogen-bond acceptors (Lipinski definition) is 6. The normalized spacial score (nSPS) is 14.1. The summed E-state index contributed by atoms with van der Waals surface area (Å²) in [4.78, 5) is 26.0. The molecule has 0 unspecified atom stereocenters. The molecular weight excluding hydrogens is 400 g/mol. The third-order valence-corrected chi connectivity index (χ3v) is 5.54. The van der Waals surface area contributed by atoms with Crippen molar-refractivity contribution < 1.29 is 4.79 Å². The molecule has 0 saturated heterocycles. The maximum atomic E-state index is 12.4. The molecule has 7 heteroatoms. The van der Waals surface area contributed by atoms with Gasteiger partial charge in [-0.15, -0.1) is 0 Å². The van der Waals surface area contributed by atoms with Crippen LogP contribution in [0.3, 0.4) is 0 Å². The van der Waals surface area contributed by atoms with Gasteiger partial charge in [0.15, 0.2) is 0 Å². The van der Waals surface area contributed by atoms with Crippen LogP contribution in [0.15, 0.2) is 36.7 Å². The highest BCUT2D eigenvalue weighted by molar-refractivity contribution is 5.94. The molecule has 7 nitrogen and oxygen atoms in total. The molecule has 1 aliphatic carbocycles. The quantitative estimate of drug-likeness (QED) is 0.497. The van der Waals surface area contributed by atoms with Crippen LogP contribution < -0.4 is 16.0 Å². The Kier molecular flexibility index (Phi) is 6.11. The average Bonchev–Trinajstić information content (AvgIpc) is 3.56. The Bertz CT molecular complexity index is 1140. The number of nitrogens with one attached hydrogen (secondary N) is 3.